The molecule has 3 heterocycles. The molecule has 0 radical (unpaired) electrons. The molecule has 0 aliphatic carbocycles. The minimum Gasteiger partial charge on any atom is -0.497 e. The number of carbonyl (C=O) groups excluding carboxylic acids is 1. The number of nitrogens with one attached hydrogen (secondary N) is 3. The summed E-state index contributed by atoms with van der Waals surface area (Å²) in [4.78, 5) is 20.9. The molecule has 2 aromatic heterocycles. The predicted octanol–water partition coefficient (Wildman–Crippen LogP) is 3.45. The van der Waals surface area contributed by atoms with Crippen molar-refractivity contribution in [3.63, 3.8) is 0 Å². The molecule has 0 saturated carbocycles. The van der Waals surface area contributed by atoms with Crippen LogP contribution in [0.1, 0.15) is 28.9 Å². The molecule has 5 rings (SSSR count). The first-order valence-electron chi connectivity index (χ1n) is 10.1. The highest BCUT2D eigenvalue weighted by Crippen LogP contribution is 2.37. The lowest BCUT2D eigenvalue weighted by atomic mass is 10.00. The van der Waals surface area contributed by atoms with Gasteiger partial charge in [-0.3, -0.25) is 4.79 Å². The lowest BCUT2D eigenvalue weighted by Crippen LogP contribution is -2.35. The summed E-state index contributed by atoms with van der Waals surface area (Å²) < 4.78 is 12.4. The van der Waals surface area contributed by atoms with Crippen LogP contribution in [-0.2, 0) is 0 Å². The number of aromatic nitrogens is 4. The Morgan fingerprint density at radius 1 is 1.16 bits per heavy atom. The lowest BCUT2D eigenvalue weighted by molar-refractivity contribution is 0.0958. The van der Waals surface area contributed by atoms with E-state index >= 15 is 0 Å². The summed E-state index contributed by atoms with van der Waals surface area (Å²) >= 11 is 0. The predicted molar refractivity (Wildman–Crippen MR) is 120 cm³/mol. The van der Waals surface area contributed by atoms with E-state index in [0.717, 1.165) is 22.2 Å². The summed E-state index contributed by atoms with van der Waals surface area (Å²) in [6.07, 6.45) is 3.44. The van der Waals surface area contributed by atoms with Gasteiger partial charge in [0.05, 0.1) is 25.5 Å². The summed E-state index contributed by atoms with van der Waals surface area (Å²) in [6.45, 7) is 1.90. The van der Waals surface area contributed by atoms with Crippen LogP contribution in [0.3, 0.4) is 0 Å². The van der Waals surface area contributed by atoms with Gasteiger partial charge in [0.25, 0.3) is 5.91 Å². The Labute approximate surface area is 184 Å². The van der Waals surface area contributed by atoms with Crippen LogP contribution < -0.4 is 20.1 Å². The zero-order valence-electron chi connectivity index (χ0n) is 17.8. The molecule has 0 saturated heterocycles. The number of hydrogen-bond acceptors (Lipinski definition) is 6. The highest BCUT2D eigenvalue weighted by Gasteiger charge is 2.32. The second-order valence-corrected chi connectivity index (χ2v) is 7.40. The van der Waals surface area contributed by atoms with E-state index in [1.807, 2.05) is 37.4 Å². The highest BCUT2D eigenvalue weighted by molar-refractivity contribution is 5.98. The molecule has 4 aromatic rings. The Hall–Kier alpha value is -4.27. The van der Waals surface area contributed by atoms with E-state index < -0.39 is 0 Å². The van der Waals surface area contributed by atoms with E-state index in [0.29, 0.717) is 28.7 Å². The molecule has 0 fully saturated rings. The molecule has 32 heavy (non-hydrogen) atoms. The summed E-state index contributed by atoms with van der Waals surface area (Å²) in [5, 5.41) is 11.8. The summed E-state index contributed by atoms with van der Waals surface area (Å²) in [7, 11) is 3.09. The van der Waals surface area contributed by atoms with E-state index in [9.17, 15) is 4.79 Å². The van der Waals surface area contributed by atoms with Crippen molar-refractivity contribution < 1.29 is 14.3 Å². The van der Waals surface area contributed by atoms with Crippen molar-refractivity contribution in [3.05, 3.63) is 77.5 Å². The number of aromatic amines is 1. The number of benzene rings is 2. The normalized spacial score (nSPS) is 15.3. The van der Waals surface area contributed by atoms with Crippen LogP contribution in [-0.4, -0.2) is 39.9 Å². The third kappa shape index (κ3) is 3.15. The fourth-order valence-electron chi connectivity index (χ4n) is 4.04. The van der Waals surface area contributed by atoms with Gasteiger partial charge in [-0.25, -0.2) is 4.68 Å². The maximum absolute atomic E-state index is 13.3. The molecule has 0 spiro atoms. The highest BCUT2D eigenvalue weighted by atomic mass is 16.5. The number of amides is 1. The molecule has 1 amide bonds. The molecule has 9 nitrogen and oxygen atoms in total. The van der Waals surface area contributed by atoms with Crippen LogP contribution >= 0.6 is 0 Å². The molecule has 3 N–H and O–H groups in total. The van der Waals surface area contributed by atoms with Crippen molar-refractivity contribution in [1.82, 2.24) is 25.1 Å². The van der Waals surface area contributed by atoms with Gasteiger partial charge >= 0.3 is 0 Å². The number of fused-ring (bicyclic) bond motifs is 2. The van der Waals surface area contributed by atoms with Crippen molar-refractivity contribution in [2.45, 2.75) is 13.0 Å². The number of hydrogen-bond donors (Lipinski definition) is 3. The van der Waals surface area contributed by atoms with E-state index in [1.165, 1.54) is 13.4 Å². The third-order valence-electron chi connectivity index (χ3n) is 5.61. The molecule has 1 aliphatic heterocycles. The number of anilines is 1. The van der Waals surface area contributed by atoms with Crippen molar-refractivity contribution >= 4 is 22.8 Å². The standard InChI is InChI=1S/C23H22N6O3/c1-13-20(28-22(30)16-9-8-14(31-2)10-19(16)32-3)21(29-23(27-13)25-12-26-29)17-11-24-18-7-5-4-6-15(17)18/h4-12,21,24H,1-3H3,(H,28,30)(H,25,26,27)/t21-/m0/s1. The van der Waals surface area contributed by atoms with Crippen LogP contribution in [0.4, 0.5) is 5.95 Å². The van der Waals surface area contributed by atoms with Gasteiger partial charge in [0.2, 0.25) is 5.95 Å². The number of nitrogens with zero attached hydrogens (tertiary/aromatic N) is 3. The maximum atomic E-state index is 13.3. The lowest BCUT2D eigenvalue weighted by Gasteiger charge is -2.29. The summed E-state index contributed by atoms with van der Waals surface area (Å²) in [5.41, 5.74) is 3.83. The molecule has 0 unspecified atom stereocenters. The molecule has 162 valence electrons. The SMILES string of the molecule is COc1ccc(C(=O)NC2=C(C)Nc3ncnn3[C@H]2c2c[nH]c3ccccc23)c(OC)c1. The Kier molecular flexibility index (Phi) is 4.78. The summed E-state index contributed by atoms with van der Waals surface area (Å²) in [5.74, 6) is 1.35. The van der Waals surface area contributed by atoms with Gasteiger partial charge in [-0.1, -0.05) is 18.2 Å². The molecule has 0 bridgehead atoms. The second-order valence-electron chi connectivity index (χ2n) is 7.40. The zero-order chi connectivity index (χ0) is 22.2. The Morgan fingerprint density at radius 3 is 2.81 bits per heavy atom. The average Bonchev–Trinajstić information content (AvgIpc) is 3.46. The number of carbonyl (C=O) groups is 1. The number of allylic oxidation sites excluding steroid dienone is 2. The van der Waals surface area contributed by atoms with Gasteiger partial charge in [-0.15, -0.1) is 0 Å². The Balaban J connectivity index is 1.58. The minimum atomic E-state index is -0.377. The largest absolute Gasteiger partial charge is 0.497 e. The molecule has 1 atom stereocenters. The minimum absolute atomic E-state index is 0.297. The van der Waals surface area contributed by atoms with Gasteiger partial charge in [-0.2, -0.15) is 10.1 Å². The van der Waals surface area contributed by atoms with Gasteiger partial charge in [0.1, 0.15) is 23.9 Å². The molecular weight excluding hydrogens is 408 g/mol. The quantitative estimate of drug-likeness (QED) is 0.448. The van der Waals surface area contributed by atoms with Crippen LogP contribution in [0.2, 0.25) is 0 Å². The smallest absolute Gasteiger partial charge is 0.259 e. The van der Waals surface area contributed by atoms with Crippen LogP contribution in [0.15, 0.2) is 66.4 Å². The zero-order valence-corrected chi connectivity index (χ0v) is 17.8. The number of H-pyrrole nitrogens is 1. The fourth-order valence-corrected chi connectivity index (χ4v) is 4.04. The number of methoxy groups -OCH3 is 2. The first kappa shape index (κ1) is 19.7. The van der Waals surface area contributed by atoms with E-state index in [4.69, 9.17) is 9.47 Å². The van der Waals surface area contributed by atoms with Crippen molar-refractivity contribution in [1.29, 1.82) is 0 Å². The van der Waals surface area contributed by atoms with E-state index in [-0.39, 0.29) is 11.9 Å². The molecule has 1 aliphatic rings. The van der Waals surface area contributed by atoms with Crippen molar-refractivity contribution in [3.8, 4) is 11.5 Å². The Morgan fingerprint density at radius 2 is 2.00 bits per heavy atom. The van der Waals surface area contributed by atoms with Crippen molar-refractivity contribution in [2.24, 2.45) is 0 Å². The van der Waals surface area contributed by atoms with E-state index in [2.05, 4.69) is 25.7 Å². The van der Waals surface area contributed by atoms with Gasteiger partial charge < -0.3 is 25.1 Å². The van der Waals surface area contributed by atoms with Gasteiger partial charge in [0.15, 0.2) is 0 Å². The first-order chi connectivity index (χ1) is 15.6. The molecular formula is C23H22N6O3. The maximum Gasteiger partial charge on any atom is 0.259 e. The second kappa shape index (κ2) is 7.77. The summed E-state index contributed by atoms with van der Waals surface area (Å²) in [6, 6.07) is 12.7. The van der Waals surface area contributed by atoms with Crippen LogP contribution in [0, 0.1) is 0 Å². The number of rotatable bonds is 5. The molecule has 2 aromatic carbocycles. The number of para-hydroxylation sites is 1. The topological polar surface area (TPSA) is 106 Å². The van der Waals surface area contributed by atoms with Crippen molar-refractivity contribution in [2.75, 3.05) is 19.5 Å². The first-order valence-corrected chi connectivity index (χ1v) is 10.1. The number of ether oxygens (including phenoxy) is 2. The average molecular weight is 430 g/mol. The van der Waals surface area contributed by atoms with Crippen LogP contribution in [0.5, 0.6) is 11.5 Å². The van der Waals surface area contributed by atoms with Crippen LogP contribution in [0.25, 0.3) is 10.9 Å². The third-order valence-corrected chi connectivity index (χ3v) is 5.61. The monoisotopic (exact) mass is 430 g/mol. The molecule has 9 heteroatoms. The fraction of sp³-hybridized carbons (Fsp3) is 0.174. The van der Waals surface area contributed by atoms with E-state index in [1.54, 1.807) is 30.0 Å². The van der Waals surface area contributed by atoms with Gasteiger partial charge in [-0.05, 0) is 25.1 Å². The van der Waals surface area contributed by atoms with Gasteiger partial charge in [0, 0.05) is 34.4 Å². The Bertz CT molecular complexity index is 1350.